The maximum Gasteiger partial charge on any atom is 0.0247 e. The van der Waals surface area contributed by atoms with Gasteiger partial charge in [-0.3, -0.25) is 4.90 Å². The molecule has 3 heteroatoms. The molecular weight excluding hydrogens is 240 g/mol. The van der Waals surface area contributed by atoms with E-state index in [4.69, 9.17) is 0 Å². The van der Waals surface area contributed by atoms with Crippen LogP contribution in [0.1, 0.15) is 38.2 Å². The Morgan fingerprint density at radius 2 is 2.22 bits per heavy atom. The number of hydrogen-bond acceptors (Lipinski definition) is 3. The van der Waals surface area contributed by atoms with Crippen LogP contribution in [0.15, 0.2) is 16.8 Å². The second-order valence-electron chi connectivity index (χ2n) is 5.75. The predicted molar refractivity (Wildman–Crippen MR) is 77.9 cm³/mol. The minimum Gasteiger partial charge on any atom is -0.317 e. The molecule has 3 rings (SSSR count). The van der Waals surface area contributed by atoms with Crippen molar-refractivity contribution in [2.24, 2.45) is 5.92 Å². The molecule has 2 saturated carbocycles. The van der Waals surface area contributed by atoms with Crippen LogP contribution < -0.4 is 5.32 Å². The maximum atomic E-state index is 3.53. The van der Waals surface area contributed by atoms with Gasteiger partial charge in [-0.15, -0.1) is 0 Å². The number of rotatable bonds is 7. The topological polar surface area (TPSA) is 15.3 Å². The van der Waals surface area contributed by atoms with E-state index in [0.29, 0.717) is 0 Å². The van der Waals surface area contributed by atoms with Crippen LogP contribution in [-0.2, 0) is 6.54 Å². The molecule has 0 aliphatic heterocycles. The lowest BCUT2D eigenvalue weighted by Gasteiger charge is -2.45. The molecule has 2 aliphatic carbocycles. The van der Waals surface area contributed by atoms with Crippen molar-refractivity contribution in [3.05, 3.63) is 22.4 Å². The Labute approximate surface area is 114 Å². The quantitative estimate of drug-likeness (QED) is 0.814. The highest BCUT2D eigenvalue weighted by Crippen LogP contribution is 2.39. The molecule has 0 saturated heterocycles. The van der Waals surface area contributed by atoms with Crippen molar-refractivity contribution in [3.8, 4) is 0 Å². The van der Waals surface area contributed by atoms with Gasteiger partial charge in [0.1, 0.15) is 0 Å². The molecule has 100 valence electrons. The van der Waals surface area contributed by atoms with Crippen LogP contribution in [0.25, 0.3) is 0 Å². The fourth-order valence-corrected chi connectivity index (χ4v) is 3.73. The molecule has 2 unspecified atom stereocenters. The molecule has 0 radical (unpaired) electrons. The number of thiophene rings is 1. The van der Waals surface area contributed by atoms with Crippen LogP contribution in [0.5, 0.6) is 0 Å². The molecule has 1 aromatic rings. The number of hydrogen-bond donors (Lipinski definition) is 1. The highest BCUT2D eigenvalue weighted by Gasteiger charge is 2.41. The average molecular weight is 264 g/mol. The third-order valence-electron chi connectivity index (χ3n) is 4.42. The zero-order chi connectivity index (χ0) is 12.4. The van der Waals surface area contributed by atoms with Crippen LogP contribution in [0.2, 0.25) is 0 Å². The van der Waals surface area contributed by atoms with Gasteiger partial charge in [0.25, 0.3) is 0 Å². The van der Waals surface area contributed by atoms with E-state index in [0.717, 1.165) is 24.5 Å². The van der Waals surface area contributed by atoms with Crippen LogP contribution in [0.3, 0.4) is 0 Å². The summed E-state index contributed by atoms with van der Waals surface area (Å²) in [5.74, 6) is 0.893. The van der Waals surface area contributed by atoms with Gasteiger partial charge in [0.15, 0.2) is 0 Å². The molecule has 1 N–H and O–H groups in total. The maximum absolute atomic E-state index is 3.53. The first-order valence-electron chi connectivity index (χ1n) is 7.36. The molecule has 1 aromatic heterocycles. The third-order valence-corrected chi connectivity index (χ3v) is 5.15. The van der Waals surface area contributed by atoms with E-state index in [1.807, 2.05) is 11.3 Å². The van der Waals surface area contributed by atoms with Gasteiger partial charge in [-0.25, -0.2) is 0 Å². The molecule has 18 heavy (non-hydrogen) atoms. The molecule has 0 amide bonds. The monoisotopic (exact) mass is 264 g/mol. The summed E-state index contributed by atoms with van der Waals surface area (Å²) in [4.78, 5) is 2.80. The van der Waals surface area contributed by atoms with Crippen LogP contribution in [0.4, 0.5) is 0 Å². The summed E-state index contributed by atoms with van der Waals surface area (Å²) in [7, 11) is 0. The summed E-state index contributed by atoms with van der Waals surface area (Å²) in [5.41, 5.74) is 1.51. The molecule has 0 aromatic carbocycles. The average Bonchev–Trinajstić information content (AvgIpc) is 3.06. The minimum absolute atomic E-state index is 0.844. The van der Waals surface area contributed by atoms with Crippen molar-refractivity contribution in [2.45, 2.75) is 51.2 Å². The summed E-state index contributed by atoms with van der Waals surface area (Å²) in [6.07, 6.45) is 5.68. The molecule has 2 atom stereocenters. The van der Waals surface area contributed by atoms with Crippen molar-refractivity contribution in [1.29, 1.82) is 0 Å². The van der Waals surface area contributed by atoms with Crippen molar-refractivity contribution in [1.82, 2.24) is 10.2 Å². The van der Waals surface area contributed by atoms with E-state index in [1.54, 1.807) is 0 Å². The molecule has 0 spiro atoms. The summed E-state index contributed by atoms with van der Waals surface area (Å²) >= 11 is 1.83. The number of nitrogens with one attached hydrogen (secondary N) is 1. The van der Waals surface area contributed by atoms with Gasteiger partial charge in [0, 0.05) is 18.6 Å². The van der Waals surface area contributed by atoms with Crippen molar-refractivity contribution in [3.63, 3.8) is 0 Å². The van der Waals surface area contributed by atoms with Gasteiger partial charge in [-0.2, -0.15) is 11.3 Å². The Morgan fingerprint density at radius 1 is 1.33 bits per heavy atom. The molecule has 1 heterocycles. The second kappa shape index (κ2) is 5.72. The standard InChI is InChI=1S/C15H24N2S/c1-2-16-9-13-3-6-15(13)17(14-4-5-14)10-12-7-8-18-11-12/h7-8,11,13-16H,2-6,9-10H2,1H3. The Bertz CT molecular complexity index is 359. The van der Waals surface area contributed by atoms with E-state index in [-0.39, 0.29) is 0 Å². The summed E-state index contributed by atoms with van der Waals surface area (Å²) in [6, 6.07) is 4.02. The van der Waals surface area contributed by atoms with E-state index in [9.17, 15) is 0 Å². The largest absolute Gasteiger partial charge is 0.317 e. The Morgan fingerprint density at radius 3 is 2.78 bits per heavy atom. The van der Waals surface area contributed by atoms with Gasteiger partial charge in [-0.1, -0.05) is 6.92 Å². The first-order valence-corrected chi connectivity index (χ1v) is 8.30. The predicted octanol–water partition coefficient (Wildman–Crippen LogP) is 3.10. The first-order chi connectivity index (χ1) is 8.88. The molecular formula is C15H24N2S. The Balaban J connectivity index is 1.59. The Hall–Kier alpha value is -0.380. The van der Waals surface area contributed by atoms with Gasteiger partial charge < -0.3 is 5.32 Å². The van der Waals surface area contributed by atoms with Gasteiger partial charge >= 0.3 is 0 Å². The van der Waals surface area contributed by atoms with Crippen molar-refractivity contribution >= 4 is 11.3 Å². The second-order valence-corrected chi connectivity index (χ2v) is 6.53. The SMILES string of the molecule is CCNCC1CCC1N(Cc1ccsc1)C1CC1. The zero-order valence-electron chi connectivity index (χ0n) is 11.3. The van der Waals surface area contributed by atoms with E-state index < -0.39 is 0 Å². The van der Waals surface area contributed by atoms with E-state index in [2.05, 4.69) is 34.0 Å². The van der Waals surface area contributed by atoms with Gasteiger partial charge in [0.05, 0.1) is 0 Å². The minimum atomic E-state index is 0.844. The van der Waals surface area contributed by atoms with E-state index >= 15 is 0 Å². The fourth-order valence-electron chi connectivity index (χ4n) is 3.07. The molecule has 2 nitrogen and oxygen atoms in total. The summed E-state index contributed by atoms with van der Waals surface area (Å²) < 4.78 is 0. The summed E-state index contributed by atoms with van der Waals surface area (Å²) in [5, 5.41) is 8.05. The van der Waals surface area contributed by atoms with Crippen LogP contribution in [0, 0.1) is 5.92 Å². The third kappa shape index (κ3) is 2.79. The van der Waals surface area contributed by atoms with Gasteiger partial charge in [0.2, 0.25) is 0 Å². The zero-order valence-corrected chi connectivity index (χ0v) is 12.1. The first kappa shape index (κ1) is 12.6. The molecule has 2 aliphatic rings. The van der Waals surface area contributed by atoms with Crippen molar-refractivity contribution in [2.75, 3.05) is 13.1 Å². The lowest BCUT2D eigenvalue weighted by Crippen LogP contribution is -2.51. The van der Waals surface area contributed by atoms with E-state index in [1.165, 1.54) is 44.3 Å². The van der Waals surface area contributed by atoms with Gasteiger partial charge in [-0.05, 0) is 67.1 Å². The smallest absolute Gasteiger partial charge is 0.0247 e. The van der Waals surface area contributed by atoms with Crippen LogP contribution in [-0.4, -0.2) is 30.1 Å². The lowest BCUT2D eigenvalue weighted by atomic mass is 9.78. The van der Waals surface area contributed by atoms with Crippen LogP contribution >= 0.6 is 11.3 Å². The highest BCUT2D eigenvalue weighted by atomic mass is 32.1. The highest BCUT2D eigenvalue weighted by molar-refractivity contribution is 7.07. The Kier molecular flexibility index (Phi) is 4.02. The molecule has 2 fully saturated rings. The normalized spacial score (nSPS) is 27.4. The lowest BCUT2D eigenvalue weighted by molar-refractivity contribution is 0.0488. The number of nitrogens with zero attached hydrogens (tertiary/aromatic N) is 1. The van der Waals surface area contributed by atoms with Crippen molar-refractivity contribution < 1.29 is 0 Å². The fraction of sp³-hybridized carbons (Fsp3) is 0.733. The molecule has 0 bridgehead atoms. The summed E-state index contributed by atoms with van der Waals surface area (Å²) in [6.45, 7) is 5.71.